The predicted molar refractivity (Wildman–Crippen MR) is 149 cm³/mol. The Bertz CT molecular complexity index is 1030. The molecule has 0 spiro atoms. The topological polar surface area (TPSA) is 44.8 Å². The fourth-order valence-corrected chi connectivity index (χ4v) is 6.19. The van der Waals surface area contributed by atoms with Gasteiger partial charge >= 0.3 is 7.82 Å². The Kier molecular flexibility index (Phi) is 9.06. The molecule has 4 nitrogen and oxygen atoms in total. The lowest BCUT2D eigenvalue weighted by molar-refractivity contribution is 0.298. The quantitative estimate of drug-likeness (QED) is 0.232. The van der Waals surface area contributed by atoms with Crippen molar-refractivity contribution in [2.45, 2.75) is 20.8 Å². The first-order chi connectivity index (χ1) is 14.9. The fourth-order valence-electron chi connectivity index (χ4n) is 2.69. The van der Waals surface area contributed by atoms with E-state index in [2.05, 4.69) is 95.6 Å². The van der Waals surface area contributed by atoms with Crippen molar-refractivity contribution in [2.24, 2.45) is 0 Å². The lowest BCUT2D eigenvalue weighted by Crippen LogP contribution is -2.08. The van der Waals surface area contributed by atoms with E-state index in [4.69, 9.17) is 13.6 Å². The van der Waals surface area contributed by atoms with Crippen molar-refractivity contribution in [3.63, 3.8) is 0 Å². The summed E-state index contributed by atoms with van der Waals surface area (Å²) in [4.78, 5) is 0. The number of halogens is 6. The zero-order valence-corrected chi connectivity index (χ0v) is 27.2. The Morgan fingerprint density at radius 2 is 0.781 bits per heavy atom. The molecule has 3 rings (SSSR count). The second kappa shape index (κ2) is 10.8. The summed E-state index contributed by atoms with van der Waals surface area (Å²) < 4.78 is 36.3. The molecule has 0 aromatic heterocycles. The molecule has 0 N–H and O–H groups in total. The van der Waals surface area contributed by atoms with E-state index in [-0.39, 0.29) is 0 Å². The molecule has 0 saturated heterocycles. The minimum Gasteiger partial charge on any atom is -0.386 e. The van der Waals surface area contributed by atoms with Crippen LogP contribution in [0.3, 0.4) is 0 Å². The molecule has 0 aliphatic rings. The maximum Gasteiger partial charge on any atom is 0.647 e. The monoisotopic (exact) mass is 836 g/mol. The van der Waals surface area contributed by atoms with Gasteiger partial charge in [0.15, 0.2) is 0 Å². The summed E-state index contributed by atoms with van der Waals surface area (Å²) in [7, 11) is -4.16. The zero-order chi connectivity index (χ0) is 23.8. The lowest BCUT2D eigenvalue weighted by atomic mass is 10.2. The minimum atomic E-state index is -4.16. The van der Waals surface area contributed by atoms with Gasteiger partial charge in [0, 0.05) is 26.8 Å². The van der Waals surface area contributed by atoms with Crippen LogP contribution >= 0.6 is 103 Å². The fraction of sp³-hybridized carbons (Fsp3) is 0.143. The van der Waals surface area contributed by atoms with Crippen LogP contribution < -0.4 is 13.6 Å². The van der Waals surface area contributed by atoms with Gasteiger partial charge in [0.25, 0.3) is 0 Å². The molecule has 0 bridgehead atoms. The zero-order valence-electron chi connectivity index (χ0n) is 16.8. The van der Waals surface area contributed by atoms with Crippen LogP contribution in [0.2, 0.25) is 0 Å². The highest BCUT2D eigenvalue weighted by molar-refractivity contribution is 9.13. The molecule has 0 saturated carbocycles. The number of hydrogen-bond acceptors (Lipinski definition) is 4. The maximum absolute atomic E-state index is 13.9. The Hall–Kier alpha value is 0.170. The van der Waals surface area contributed by atoms with E-state index < -0.39 is 7.82 Å². The second-order valence-electron chi connectivity index (χ2n) is 6.83. The highest BCUT2D eigenvalue weighted by atomic mass is 79.9. The van der Waals surface area contributed by atoms with E-state index in [9.17, 15) is 4.57 Å². The van der Waals surface area contributed by atoms with Gasteiger partial charge in [-0.25, -0.2) is 0 Å². The van der Waals surface area contributed by atoms with E-state index in [1.54, 1.807) is 36.4 Å². The summed E-state index contributed by atoms with van der Waals surface area (Å²) in [5.74, 6) is 1.00. The van der Waals surface area contributed by atoms with Crippen molar-refractivity contribution in [1.82, 2.24) is 0 Å². The SMILES string of the molecule is Cc1cc(OP(=O)(Oc2cc(C)c(Br)c(Br)c2)Oc2cc(C)c(Br)c(Br)c2)cc(Br)c1Br. The number of phosphoric ester groups is 1. The maximum atomic E-state index is 13.9. The summed E-state index contributed by atoms with van der Waals surface area (Å²) in [5.41, 5.74) is 2.68. The molecule has 0 radical (unpaired) electrons. The number of benzene rings is 3. The third kappa shape index (κ3) is 6.43. The van der Waals surface area contributed by atoms with Crippen molar-refractivity contribution in [2.75, 3.05) is 0 Å². The lowest BCUT2D eigenvalue weighted by Gasteiger charge is -2.21. The van der Waals surface area contributed by atoms with E-state index in [0.29, 0.717) is 17.2 Å². The first kappa shape index (κ1) is 26.8. The minimum absolute atomic E-state index is 0.335. The summed E-state index contributed by atoms with van der Waals surface area (Å²) in [5, 5.41) is 0. The van der Waals surface area contributed by atoms with Crippen molar-refractivity contribution in [3.8, 4) is 17.2 Å². The van der Waals surface area contributed by atoms with Gasteiger partial charge in [-0.1, -0.05) is 0 Å². The average molecular weight is 842 g/mol. The molecule has 0 unspecified atom stereocenters. The third-order valence-electron chi connectivity index (χ3n) is 4.20. The predicted octanol–water partition coefficient (Wildman–Crippen LogP) is 10.8. The molecule has 170 valence electrons. The van der Waals surface area contributed by atoms with Crippen LogP contribution in [-0.2, 0) is 4.57 Å². The van der Waals surface area contributed by atoms with E-state index in [1.165, 1.54) is 0 Å². The summed E-state index contributed by atoms with van der Waals surface area (Å²) >= 11 is 20.9. The Labute approximate surface area is 237 Å². The smallest absolute Gasteiger partial charge is 0.386 e. The molecule has 32 heavy (non-hydrogen) atoms. The van der Waals surface area contributed by atoms with Gasteiger partial charge in [0.1, 0.15) is 17.2 Å². The van der Waals surface area contributed by atoms with Crippen LogP contribution in [0.15, 0.2) is 63.2 Å². The molecular weight excluding hydrogens is 827 g/mol. The Morgan fingerprint density at radius 1 is 0.531 bits per heavy atom. The molecule has 11 heteroatoms. The summed E-state index contributed by atoms with van der Waals surface area (Å²) in [6, 6.07) is 10.3. The number of hydrogen-bond donors (Lipinski definition) is 0. The van der Waals surface area contributed by atoms with Crippen molar-refractivity contribution < 1.29 is 18.1 Å². The highest BCUT2D eigenvalue weighted by Gasteiger charge is 2.34. The van der Waals surface area contributed by atoms with Gasteiger partial charge in [0.05, 0.1) is 0 Å². The Morgan fingerprint density at radius 3 is 1.00 bits per heavy atom. The van der Waals surface area contributed by atoms with E-state index in [1.807, 2.05) is 20.8 Å². The number of rotatable bonds is 6. The van der Waals surface area contributed by atoms with Crippen LogP contribution in [0, 0.1) is 20.8 Å². The first-order valence-electron chi connectivity index (χ1n) is 8.94. The molecule has 0 aliphatic carbocycles. The van der Waals surface area contributed by atoms with Crippen LogP contribution in [0.1, 0.15) is 16.7 Å². The van der Waals surface area contributed by atoms with Gasteiger partial charge in [-0.15, -0.1) is 0 Å². The standard InChI is InChI=1S/C21H15Br6O4P/c1-10-4-13(7-16(22)19(10)25)29-32(28,30-14-5-11(2)20(26)17(23)8-14)31-15-6-12(3)21(27)18(24)9-15/h4-9H,1-3H3. The molecule has 0 aliphatic heterocycles. The molecule has 3 aromatic carbocycles. The molecule has 3 aromatic rings. The van der Waals surface area contributed by atoms with Gasteiger partial charge in [-0.3, -0.25) is 0 Å². The van der Waals surface area contributed by atoms with E-state index in [0.717, 1.165) is 43.5 Å². The van der Waals surface area contributed by atoms with Crippen molar-refractivity contribution in [1.29, 1.82) is 0 Å². The second-order valence-corrected chi connectivity index (χ2v) is 13.2. The number of phosphoric acid groups is 1. The van der Waals surface area contributed by atoms with Gasteiger partial charge in [-0.05, 0) is 169 Å². The Balaban J connectivity index is 2.05. The van der Waals surface area contributed by atoms with Gasteiger partial charge in [0.2, 0.25) is 0 Å². The largest absolute Gasteiger partial charge is 0.647 e. The van der Waals surface area contributed by atoms with Crippen LogP contribution in [0.4, 0.5) is 0 Å². The van der Waals surface area contributed by atoms with Gasteiger partial charge in [-0.2, -0.15) is 4.57 Å². The normalized spacial score (nSPS) is 11.4. The molecule has 0 heterocycles. The molecule has 0 atom stereocenters. The molecule has 0 fully saturated rings. The molecule has 0 amide bonds. The summed E-state index contributed by atoms with van der Waals surface area (Å²) in [6.07, 6.45) is 0. The van der Waals surface area contributed by atoms with Crippen LogP contribution in [0.25, 0.3) is 0 Å². The third-order valence-corrected chi connectivity index (χ3v) is 12.1. The van der Waals surface area contributed by atoms with Crippen LogP contribution in [0.5, 0.6) is 17.2 Å². The first-order valence-corrected chi connectivity index (χ1v) is 15.2. The molecular formula is C21H15Br6O4P. The van der Waals surface area contributed by atoms with Crippen molar-refractivity contribution in [3.05, 3.63) is 79.9 Å². The number of aryl methyl sites for hydroxylation is 3. The van der Waals surface area contributed by atoms with Gasteiger partial charge < -0.3 is 13.6 Å². The van der Waals surface area contributed by atoms with Crippen LogP contribution in [-0.4, -0.2) is 0 Å². The van der Waals surface area contributed by atoms with Crippen molar-refractivity contribution >= 4 is 103 Å². The highest BCUT2D eigenvalue weighted by Crippen LogP contribution is 2.52. The summed E-state index contributed by atoms with van der Waals surface area (Å²) in [6.45, 7) is 5.70. The average Bonchev–Trinajstić information content (AvgIpc) is 2.68. The van der Waals surface area contributed by atoms with E-state index >= 15 is 0 Å².